The molecule has 0 aliphatic heterocycles. The summed E-state index contributed by atoms with van der Waals surface area (Å²) in [4.78, 5) is 26.3. The van der Waals surface area contributed by atoms with Crippen molar-refractivity contribution in [1.82, 2.24) is 4.98 Å². The van der Waals surface area contributed by atoms with E-state index in [9.17, 15) is 23.7 Å². The van der Waals surface area contributed by atoms with E-state index in [1.807, 2.05) is 0 Å². The Morgan fingerprint density at radius 3 is 2.59 bits per heavy atom. The van der Waals surface area contributed by atoms with Crippen LogP contribution in [0.1, 0.15) is 0 Å². The van der Waals surface area contributed by atoms with Crippen LogP contribution in [0, 0.1) is 21.7 Å². The fraction of sp³-hybridized carbons (Fsp3) is 0.0588. The van der Waals surface area contributed by atoms with Gasteiger partial charge in [-0.15, -0.1) is 11.3 Å². The summed E-state index contributed by atoms with van der Waals surface area (Å²) in [6, 6.07) is 8.43. The van der Waals surface area contributed by atoms with Gasteiger partial charge in [0.15, 0.2) is 11.7 Å². The lowest BCUT2D eigenvalue weighted by Gasteiger charge is -2.06. The van der Waals surface area contributed by atoms with Crippen LogP contribution in [-0.4, -0.2) is 22.4 Å². The van der Waals surface area contributed by atoms with Gasteiger partial charge in [-0.3, -0.25) is 20.2 Å². The molecule has 1 aromatic heterocycles. The minimum atomic E-state index is -0.734. The normalized spacial score (nSPS) is 10.4. The maximum Gasteiger partial charge on any atom is 0.311 e. The summed E-state index contributed by atoms with van der Waals surface area (Å²) in [5.74, 6) is -2.05. The van der Waals surface area contributed by atoms with Crippen molar-refractivity contribution in [2.75, 3.05) is 11.9 Å². The number of nitro benzene ring substituents is 1. The van der Waals surface area contributed by atoms with Gasteiger partial charge in [-0.1, -0.05) is 0 Å². The van der Waals surface area contributed by atoms with Gasteiger partial charge < -0.3 is 4.74 Å². The zero-order valence-corrected chi connectivity index (χ0v) is 14.3. The third-order valence-electron chi connectivity index (χ3n) is 3.37. The summed E-state index contributed by atoms with van der Waals surface area (Å²) in [5.41, 5.74) is 0.786. The molecule has 1 heterocycles. The third-order valence-corrected chi connectivity index (χ3v) is 4.13. The Bertz CT molecular complexity index is 992. The van der Waals surface area contributed by atoms with E-state index in [1.165, 1.54) is 12.1 Å². The highest BCUT2D eigenvalue weighted by atomic mass is 32.1. The van der Waals surface area contributed by atoms with Crippen LogP contribution in [0.2, 0.25) is 0 Å². The second-order valence-electron chi connectivity index (χ2n) is 5.25. The van der Waals surface area contributed by atoms with Crippen molar-refractivity contribution in [1.29, 1.82) is 0 Å². The first-order valence-corrected chi connectivity index (χ1v) is 8.38. The van der Waals surface area contributed by atoms with E-state index in [0.717, 1.165) is 29.5 Å². The quantitative estimate of drug-likeness (QED) is 0.506. The fourth-order valence-electron chi connectivity index (χ4n) is 2.14. The summed E-state index contributed by atoms with van der Waals surface area (Å²) in [6.07, 6.45) is 0. The Morgan fingerprint density at radius 2 is 1.89 bits per heavy atom. The number of hydrogen-bond donors (Lipinski definition) is 1. The topological polar surface area (TPSA) is 94.4 Å². The van der Waals surface area contributed by atoms with Crippen molar-refractivity contribution in [2.24, 2.45) is 0 Å². The van der Waals surface area contributed by atoms with Gasteiger partial charge in [-0.25, -0.2) is 13.8 Å². The number of nitro groups is 1. The van der Waals surface area contributed by atoms with Crippen molar-refractivity contribution < 1.29 is 23.2 Å². The predicted molar refractivity (Wildman–Crippen MR) is 94.7 cm³/mol. The predicted octanol–water partition coefficient (Wildman–Crippen LogP) is 4.01. The largest absolute Gasteiger partial charge is 0.477 e. The zero-order chi connectivity index (χ0) is 19.4. The molecule has 0 aliphatic rings. The highest BCUT2D eigenvalue weighted by molar-refractivity contribution is 7.14. The molecule has 0 atom stereocenters. The van der Waals surface area contributed by atoms with Gasteiger partial charge in [0, 0.05) is 23.1 Å². The molecule has 27 heavy (non-hydrogen) atoms. The van der Waals surface area contributed by atoms with Crippen LogP contribution in [0.25, 0.3) is 11.3 Å². The smallest absolute Gasteiger partial charge is 0.311 e. The molecule has 0 saturated carbocycles. The summed E-state index contributed by atoms with van der Waals surface area (Å²) in [5, 5.41) is 15.3. The molecule has 1 N–H and O–H groups in total. The third kappa shape index (κ3) is 4.61. The average molecular weight is 391 g/mol. The van der Waals surface area contributed by atoms with Crippen molar-refractivity contribution in [3.05, 3.63) is 69.6 Å². The number of benzene rings is 2. The summed E-state index contributed by atoms with van der Waals surface area (Å²) < 4.78 is 31.2. The van der Waals surface area contributed by atoms with Crippen molar-refractivity contribution in [2.45, 2.75) is 0 Å². The lowest BCUT2D eigenvalue weighted by molar-refractivity contribution is -0.385. The first-order valence-electron chi connectivity index (χ1n) is 7.50. The number of thiazole rings is 1. The lowest BCUT2D eigenvalue weighted by Crippen LogP contribution is -2.20. The summed E-state index contributed by atoms with van der Waals surface area (Å²) in [7, 11) is 0. The molecule has 0 fully saturated rings. The van der Waals surface area contributed by atoms with Gasteiger partial charge in [0.05, 0.1) is 10.6 Å². The van der Waals surface area contributed by atoms with Gasteiger partial charge in [-0.05, 0) is 30.3 Å². The van der Waals surface area contributed by atoms with Crippen LogP contribution in [0.5, 0.6) is 5.75 Å². The number of aromatic nitrogens is 1. The summed E-state index contributed by atoms with van der Waals surface area (Å²) in [6.45, 7) is -0.560. The molecule has 0 aliphatic carbocycles. The molecule has 0 radical (unpaired) electrons. The summed E-state index contributed by atoms with van der Waals surface area (Å²) >= 11 is 1.15. The van der Waals surface area contributed by atoms with Gasteiger partial charge in [-0.2, -0.15) is 0 Å². The van der Waals surface area contributed by atoms with E-state index in [4.69, 9.17) is 4.74 Å². The van der Waals surface area contributed by atoms with Crippen molar-refractivity contribution >= 4 is 28.1 Å². The van der Waals surface area contributed by atoms with E-state index >= 15 is 0 Å². The van der Waals surface area contributed by atoms with Crippen LogP contribution < -0.4 is 10.1 Å². The van der Waals surface area contributed by atoms with Crippen molar-refractivity contribution in [3.8, 4) is 17.0 Å². The van der Waals surface area contributed by atoms with Gasteiger partial charge >= 0.3 is 5.69 Å². The van der Waals surface area contributed by atoms with Crippen LogP contribution in [0.4, 0.5) is 19.6 Å². The highest BCUT2D eigenvalue weighted by Crippen LogP contribution is 2.28. The maximum absolute atomic E-state index is 13.2. The van der Waals surface area contributed by atoms with Crippen LogP contribution in [0.15, 0.2) is 47.8 Å². The standard InChI is InChI=1S/C17H11F2N3O4S/c18-11-3-1-10(2-4-11)13-9-27-17(20-13)21-16(23)8-26-15-7-12(19)5-6-14(15)22(24)25/h1-7,9H,8H2,(H,20,21,23). The highest BCUT2D eigenvalue weighted by Gasteiger charge is 2.17. The minimum Gasteiger partial charge on any atom is -0.477 e. The number of anilines is 1. The first kappa shape index (κ1) is 18.4. The maximum atomic E-state index is 13.2. The molecule has 138 valence electrons. The fourth-order valence-corrected chi connectivity index (χ4v) is 2.87. The molecule has 3 rings (SSSR count). The Balaban J connectivity index is 1.63. The number of ether oxygens (including phenoxy) is 1. The number of rotatable bonds is 6. The molecule has 0 unspecified atom stereocenters. The number of amides is 1. The molecular weight excluding hydrogens is 380 g/mol. The Kier molecular flexibility index (Phi) is 5.36. The lowest BCUT2D eigenvalue weighted by atomic mass is 10.2. The Morgan fingerprint density at radius 1 is 1.19 bits per heavy atom. The molecule has 0 saturated heterocycles. The first-order chi connectivity index (χ1) is 12.9. The monoisotopic (exact) mass is 391 g/mol. The molecule has 7 nitrogen and oxygen atoms in total. The molecule has 1 amide bonds. The second-order valence-corrected chi connectivity index (χ2v) is 6.11. The van der Waals surface area contributed by atoms with Gasteiger partial charge in [0.1, 0.15) is 11.6 Å². The van der Waals surface area contributed by atoms with Crippen LogP contribution in [-0.2, 0) is 4.79 Å². The molecule has 0 spiro atoms. The average Bonchev–Trinajstić information content (AvgIpc) is 3.08. The van der Waals surface area contributed by atoms with E-state index in [0.29, 0.717) is 11.3 Å². The number of nitrogens with zero attached hydrogens (tertiary/aromatic N) is 2. The zero-order valence-electron chi connectivity index (χ0n) is 13.5. The number of halogens is 2. The molecule has 2 aromatic carbocycles. The number of carbonyl (C=O) groups is 1. The Labute approximate surface area is 155 Å². The number of carbonyl (C=O) groups excluding carboxylic acids is 1. The van der Waals surface area contributed by atoms with E-state index in [-0.39, 0.29) is 16.7 Å². The van der Waals surface area contributed by atoms with E-state index in [2.05, 4.69) is 10.3 Å². The molecule has 0 bridgehead atoms. The van der Waals surface area contributed by atoms with Crippen LogP contribution in [0.3, 0.4) is 0 Å². The number of hydrogen-bond acceptors (Lipinski definition) is 6. The van der Waals surface area contributed by atoms with Crippen molar-refractivity contribution in [3.63, 3.8) is 0 Å². The second kappa shape index (κ2) is 7.87. The molecular formula is C17H11F2N3O4S. The van der Waals surface area contributed by atoms with Gasteiger partial charge in [0.25, 0.3) is 5.91 Å². The molecule has 3 aromatic rings. The number of nitrogens with one attached hydrogen (secondary N) is 1. The Hall–Kier alpha value is -3.40. The van der Waals surface area contributed by atoms with Crippen LogP contribution >= 0.6 is 11.3 Å². The SMILES string of the molecule is O=C(COc1cc(F)ccc1[N+](=O)[O-])Nc1nc(-c2ccc(F)cc2)cs1. The molecule has 10 heteroatoms. The van der Waals surface area contributed by atoms with E-state index < -0.39 is 28.9 Å². The van der Waals surface area contributed by atoms with E-state index in [1.54, 1.807) is 17.5 Å². The van der Waals surface area contributed by atoms with Gasteiger partial charge in [0.2, 0.25) is 5.75 Å². The minimum absolute atomic E-state index is 0.275.